The van der Waals surface area contributed by atoms with E-state index in [1.165, 1.54) is 7.11 Å². The molecule has 6 nitrogen and oxygen atoms in total. The molecule has 1 aromatic carbocycles. The number of rotatable bonds is 4. The largest absolute Gasteiger partial charge is 0.496 e. The molecule has 0 saturated carbocycles. The van der Waals surface area contributed by atoms with E-state index in [4.69, 9.17) is 10.5 Å². The van der Waals surface area contributed by atoms with Crippen molar-refractivity contribution in [3.63, 3.8) is 0 Å². The summed E-state index contributed by atoms with van der Waals surface area (Å²) < 4.78 is 5.15. The van der Waals surface area contributed by atoms with Crippen LogP contribution in [0.2, 0.25) is 0 Å². The van der Waals surface area contributed by atoms with Crippen molar-refractivity contribution in [2.45, 2.75) is 13.5 Å². The third kappa shape index (κ3) is 3.03. The first-order valence-electron chi connectivity index (χ1n) is 6.10. The molecule has 0 radical (unpaired) electrons. The summed E-state index contributed by atoms with van der Waals surface area (Å²) in [6, 6.07) is 5.08. The number of amides is 1. The molecule has 6 heteroatoms. The van der Waals surface area contributed by atoms with Crippen molar-refractivity contribution in [1.29, 1.82) is 0 Å². The third-order valence-corrected chi connectivity index (χ3v) is 2.77. The van der Waals surface area contributed by atoms with Crippen LogP contribution in [0.5, 0.6) is 5.75 Å². The molecule has 1 amide bonds. The molecule has 0 bridgehead atoms. The van der Waals surface area contributed by atoms with Crippen molar-refractivity contribution < 1.29 is 9.53 Å². The number of benzene rings is 1. The van der Waals surface area contributed by atoms with Gasteiger partial charge in [0.1, 0.15) is 11.3 Å². The number of nitrogens with two attached hydrogens (primary N) is 1. The van der Waals surface area contributed by atoms with Gasteiger partial charge in [-0.2, -0.15) is 0 Å². The van der Waals surface area contributed by atoms with Crippen LogP contribution in [0.1, 0.15) is 21.7 Å². The van der Waals surface area contributed by atoms with Crippen LogP contribution in [-0.4, -0.2) is 23.0 Å². The predicted octanol–water partition coefficient (Wildman–Crippen LogP) is 1.31. The lowest BCUT2D eigenvalue weighted by molar-refractivity contribution is 0.0948. The molecule has 0 aliphatic carbocycles. The highest BCUT2D eigenvalue weighted by Crippen LogP contribution is 2.23. The Labute approximate surface area is 117 Å². The average Bonchev–Trinajstić information content (AvgIpc) is 2.46. The van der Waals surface area contributed by atoms with Gasteiger partial charge >= 0.3 is 0 Å². The summed E-state index contributed by atoms with van der Waals surface area (Å²) in [5.41, 5.74) is 8.02. The molecule has 0 atom stereocenters. The number of anilines is 1. The van der Waals surface area contributed by atoms with Crippen LogP contribution in [-0.2, 0) is 6.54 Å². The van der Waals surface area contributed by atoms with E-state index in [1.807, 2.05) is 6.92 Å². The van der Waals surface area contributed by atoms with Crippen molar-refractivity contribution in [2.24, 2.45) is 0 Å². The quantitative estimate of drug-likeness (QED) is 0.819. The van der Waals surface area contributed by atoms with Crippen molar-refractivity contribution in [1.82, 2.24) is 15.3 Å². The Kier molecular flexibility index (Phi) is 4.14. The SMILES string of the molecule is COc1cccc(N)c1C(=O)NCc1cnc(C)cn1. The van der Waals surface area contributed by atoms with Crippen LogP contribution >= 0.6 is 0 Å². The second kappa shape index (κ2) is 6.01. The number of methoxy groups -OCH3 is 1. The fourth-order valence-electron chi connectivity index (χ4n) is 1.73. The normalized spacial score (nSPS) is 10.1. The van der Waals surface area contributed by atoms with Crippen molar-refractivity contribution in [3.8, 4) is 5.75 Å². The number of carbonyl (C=O) groups excluding carboxylic acids is 1. The molecule has 0 spiro atoms. The number of hydrogen-bond donors (Lipinski definition) is 2. The van der Waals surface area contributed by atoms with E-state index in [1.54, 1.807) is 30.6 Å². The zero-order chi connectivity index (χ0) is 14.5. The second-order valence-corrected chi connectivity index (χ2v) is 4.26. The molecule has 1 heterocycles. The Hall–Kier alpha value is -2.63. The monoisotopic (exact) mass is 272 g/mol. The maximum Gasteiger partial charge on any atom is 0.257 e. The Morgan fingerprint density at radius 2 is 2.15 bits per heavy atom. The Balaban J connectivity index is 2.11. The number of hydrogen-bond acceptors (Lipinski definition) is 5. The van der Waals surface area contributed by atoms with E-state index >= 15 is 0 Å². The van der Waals surface area contributed by atoms with Crippen LogP contribution < -0.4 is 15.8 Å². The molecule has 1 aromatic heterocycles. The second-order valence-electron chi connectivity index (χ2n) is 4.26. The van der Waals surface area contributed by atoms with Gasteiger partial charge in [-0.1, -0.05) is 6.07 Å². The molecular weight excluding hydrogens is 256 g/mol. The van der Waals surface area contributed by atoms with Crippen LogP contribution in [0.25, 0.3) is 0 Å². The zero-order valence-electron chi connectivity index (χ0n) is 11.4. The first-order valence-corrected chi connectivity index (χ1v) is 6.10. The van der Waals surface area contributed by atoms with E-state index < -0.39 is 0 Å². The Bertz CT molecular complexity index is 611. The fraction of sp³-hybridized carbons (Fsp3) is 0.214. The van der Waals surface area contributed by atoms with E-state index in [0.717, 1.165) is 5.69 Å². The van der Waals surface area contributed by atoms with Crippen LogP contribution in [0.3, 0.4) is 0 Å². The van der Waals surface area contributed by atoms with E-state index in [2.05, 4.69) is 15.3 Å². The first-order chi connectivity index (χ1) is 9.61. The van der Waals surface area contributed by atoms with Gasteiger partial charge in [-0.3, -0.25) is 14.8 Å². The highest BCUT2D eigenvalue weighted by molar-refractivity contribution is 6.01. The number of nitrogens with one attached hydrogen (secondary N) is 1. The van der Waals surface area contributed by atoms with Gasteiger partial charge in [0.15, 0.2) is 0 Å². The van der Waals surface area contributed by atoms with E-state index in [9.17, 15) is 4.79 Å². The molecular formula is C14H16N4O2. The summed E-state index contributed by atoms with van der Waals surface area (Å²) in [6.45, 7) is 2.13. The van der Waals surface area contributed by atoms with Gasteiger partial charge in [-0.15, -0.1) is 0 Å². The van der Waals surface area contributed by atoms with E-state index in [0.29, 0.717) is 22.7 Å². The lowest BCUT2D eigenvalue weighted by Gasteiger charge is -2.11. The minimum atomic E-state index is -0.303. The highest BCUT2D eigenvalue weighted by Gasteiger charge is 2.15. The van der Waals surface area contributed by atoms with Gasteiger partial charge in [-0.25, -0.2) is 0 Å². The van der Waals surface area contributed by atoms with Crippen molar-refractivity contribution >= 4 is 11.6 Å². The van der Waals surface area contributed by atoms with Gasteiger partial charge in [-0.05, 0) is 19.1 Å². The number of nitrogens with zero attached hydrogens (tertiary/aromatic N) is 2. The number of nitrogen functional groups attached to an aromatic ring is 1. The van der Waals surface area contributed by atoms with Crippen molar-refractivity contribution in [3.05, 3.63) is 47.5 Å². The summed E-state index contributed by atoms with van der Waals surface area (Å²) >= 11 is 0. The third-order valence-electron chi connectivity index (χ3n) is 2.77. The summed E-state index contributed by atoms with van der Waals surface area (Å²) in [5, 5.41) is 2.75. The molecule has 2 rings (SSSR count). The minimum absolute atomic E-state index is 0.281. The van der Waals surface area contributed by atoms with Crippen LogP contribution in [0.4, 0.5) is 5.69 Å². The van der Waals surface area contributed by atoms with Gasteiger partial charge in [0, 0.05) is 11.9 Å². The summed E-state index contributed by atoms with van der Waals surface area (Å²) in [5.74, 6) is 0.139. The lowest BCUT2D eigenvalue weighted by atomic mass is 10.1. The molecule has 0 aliphatic heterocycles. The summed E-state index contributed by atoms with van der Waals surface area (Å²) in [7, 11) is 1.50. The molecule has 20 heavy (non-hydrogen) atoms. The standard InChI is InChI=1S/C14H16N4O2/c1-9-6-17-10(7-16-9)8-18-14(19)13-11(15)4-3-5-12(13)20-2/h3-7H,8,15H2,1-2H3,(H,18,19). The molecule has 2 aromatic rings. The van der Waals surface area contributed by atoms with Gasteiger partial charge in [0.25, 0.3) is 5.91 Å². The molecule has 0 aliphatic rings. The predicted molar refractivity (Wildman–Crippen MR) is 75.3 cm³/mol. The van der Waals surface area contributed by atoms with Crippen LogP contribution in [0.15, 0.2) is 30.6 Å². The van der Waals surface area contributed by atoms with Gasteiger partial charge < -0.3 is 15.8 Å². The molecule has 104 valence electrons. The molecule has 3 N–H and O–H groups in total. The first kappa shape index (κ1) is 13.8. The number of aryl methyl sites for hydroxylation is 1. The Morgan fingerprint density at radius 1 is 1.35 bits per heavy atom. The summed E-state index contributed by atoms with van der Waals surface area (Å²) in [4.78, 5) is 20.5. The smallest absolute Gasteiger partial charge is 0.257 e. The molecule has 0 saturated heterocycles. The molecule has 0 unspecified atom stereocenters. The Morgan fingerprint density at radius 3 is 2.80 bits per heavy atom. The fourth-order valence-corrected chi connectivity index (χ4v) is 1.73. The topological polar surface area (TPSA) is 90.1 Å². The summed E-state index contributed by atoms with van der Waals surface area (Å²) in [6.07, 6.45) is 3.28. The van der Waals surface area contributed by atoms with Crippen molar-refractivity contribution in [2.75, 3.05) is 12.8 Å². The highest BCUT2D eigenvalue weighted by atomic mass is 16.5. The number of carbonyl (C=O) groups is 1. The van der Waals surface area contributed by atoms with Crippen LogP contribution in [0, 0.1) is 6.92 Å². The number of ether oxygens (including phenoxy) is 1. The molecule has 0 fully saturated rings. The van der Waals surface area contributed by atoms with Gasteiger partial charge in [0.2, 0.25) is 0 Å². The average molecular weight is 272 g/mol. The maximum atomic E-state index is 12.2. The minimum Gasteiger partial charge on any atom is -0.496 e. The zero-order valence-corrected chi connectivity index (χ0v) is 11.4. The maximum absolute atomic E-state index is 12.2. The van der Waals surface area contributed by atoms with E-state index in [-0.39, 0.29) is 12.5 Å². The number of aromatic nitrogens is 2. The van der Waals surface area contributed by atoms with Gasteiger partial charge in [0.05, 0.1) is 31.2 Å². The lowest BCUT2D eigenvalue weighted by Crippen LogP contribution is -2.25.